The minimum Gasteiger partial charge on any atom is -0.468 e. The van der Waals surface area contributed by atoms with Gasteiger partial charge >= 0.3 is 0 Å². The zero-order valence-electron chi connectivity index (χ0n) is 8.67. The number of aliphatic hydroxyl groups is 2. The predicted molar refractivity (Wildman–Crippen MR) is 56.2 cm³/mol. The summed E-state index contributed by atoms with van der Waals surface area (Å²) in [4.78, 5) is 1.90. The highest BCUT2D eigenvalue weighted by Crippen LogP contribution is 2.19. The molecular formula is C10H18N2O3. The molecule has 0 fully saturated rings. The van der Waals surface area contributed by atoms with E-state index in [1.165, 1.54) is 0 Å². The Kier molecular flexibility index (Phi) is 5.34. The van der Waals surface area contributed by atoms with Crippen LogP contribution in [0, 0.1) is 0 Å². The molecule has 15 heavy (non-hydrogen) atoms. The minimum atomic E-state index is -0.0840. The van der Waals surface area contributed by atoms with Gasteiger partial charge in [-0.15, -0.1) is 0 Å². The molecule has 0 aliphatic rings. The van der Waals surface area contributed by atoms with Crippen LogP contribution in [0.15, 0.2) is 22.8 Å². The monoisotopic (exact) mass is 214 g/mol. The maximum atomic E-state index is 8.91. The molecule has 1 aromatic heterocycles. The van der Waals surface area contributed by atoms with Crippen LogP contribution in [0.5, 0.6) is 0 Å². The maximum Gasteiger partial charge on any atom is 0.122 e. The lowest BCUT2D eigenvalue weighted by atomic mass is 10.2. The van der Waals surface area contributed by atoms with Gasteiger partial charge in [0.05, 0.1) is 25.5 Å². The second kappa shape index (κ2) is 6.58. The molecule has 1 rings (SSSR count). The summed E-state index contributed by atoms with van der Waals surface area (Å²) in [5.74, 6) is 0.763. The third kappa shape index (κ3) is 3.32. The Labute approximate surface area is 89.1 Å². The van der Waals surface area contributed by atoms with E-state index < -0.39 is 0 Å². The third-order valence-electron chi connectivity index (χ3n) is 2.31. The molecule has 0 saturated carbocycles. The summed E-state index contributed by atoms with van der Waals surface area (Å²) < 4.78 is 5.28. The fraction of sp³-hybridized carbons (Fsp3) is 0.600. The third-order valence-corrected chi connectivity index (χ3v) is 2.31. The van der Waals surface area contributed by atoms with E-state index in [4.69, 9.17) is 20.4 Å². The molecule has 1 unspecified atom stereocenters. The molecule has 1 atom stereocenters. The summed E-state index contributed by atoms with van der Waals surface area (Å²) in [5.41, 5.74) is 5.66. The lowest BCUT2D eigenvalue weighted by Crippen LogP contribution is -2.37. The first kappa shape index (κ1) is 12.2. The summed E-state index contributed by atoms with van der Waals surface area (Å²) in [6.07, 6.45) is 1.59. The van der Waals surface area contributed by atoms with Crippen molar-refractivity contribution in [2.24, 2.45) is 5.73 Å². The molecule has 0 aromatic carbocycles. The number of nitrogens with zero attached hydrogens (tertiary/aromatic N) is 1. The molecule has 0 saturated heterocycles. The van der Waals surface area contributed by atoms with Crippen LogP contribution in [0.4, 0.5) is 0 Å². The number of nitrogens with two attached hydrogens (primary N) is 1. The van der Waals surface area contributed by atoms with Crippen LogP contribution in [0.2, 0.25) is 0 Å². The van der Waals surface area contributed by atoms with Crippen LogP contribution in [0.3, 0.4) is 0 Å². The lowest BCUT2D eigenvalue weighted by Gasteiger charge is -2.27. The summed E-state index contributed by atoms with van der Waals surface area (Å²) in [7, 11) is 0. The van der Waals surface area contributed by atoms with Crippen molar-refractivity contribution in [2.75, 3.05) is 32.8 Å². The molecule has 0 bridgehead atoms. The zero-order valence-corrected chi connectivity index (χ0v) is 8.67. The van der Waals surface area contributed by atoms with Gasteiger partial charge in [-0.2, -0.15) is 0 Å². The average Bonchev–Trinajstić information content (AvgIpc) is 2.73. The molecule has 0 aliphatic carbocycles. The number of hydrogen-bond donors (Lipinski definition) is 3. The smallest absolute Gasteiger partial charge is 0.122 e. The standard InChI is InChI=1S/C10H18N2O3/c11-8-9(10-2-1-7-15-10)12(3-5-13)4-6-14/h1-2,7,9,13-14H,3-6,8,11H2. The van der Waals surface area contributed by atoms with Crippen molar-refractivity contribution in [2.45, 2.75) is 6.04 Å². The molecule has 0 amide bonds. The van der Waals surface area contributed by atoms with Gasteiger partial charge in [0, 0.05) is 19.6 Å². The topological polar surface area (TPSA) is 82.9 Å². The van der Waals surface area contributed by atoms with Gasteiger partial charge in [0.1, 0.15) is 5.76 Å². The van der Waals surface area contributed by atoms with Crippen molar-refractivity contribution < 1.29 is 14.6 Å². The molecule has 0 aliphatic heterocycles. The fourth-order valence-corrected chi connectivity index (χ4v) is 1.61. The average molecular weight is 214 g/mol. The highest BCUT2D eigenvalue weighted by atomic mass is 16.3. The van der Waals surface area contributed by atoms with Crippen molar-refractivity contribution in [1.29, 1.82) is 0 Å². The summed E-state index contributed by atoms with van der Waals surface area (Å²) in [5, 5.41) is 17.8. The molecule has 86 valence electrons. The van der Waals surface area contributed by atoms with Crippen LogP contribution < -0.4 is 5.73 Å². The zero-order chi connectivity index (χ0) is 11.1. The molecule has 5 heteroatoms. The van der Waals surface area contributed by atoms with E-state index in [1.807, 2.05) is 11.0 Å². The second-order valence-electron chi connectivity index (χ2n) is 3.25. The predicted octanol–water partition coefficient (Wildman–Crippen LogP) is -0.434. The summed E-state index contributed by atoms with van der Waals surface area (Å²) >= 11 is 0. The van der Waals surface area contributed by atoms with Gasteiger partial charge in [-0.05, 0) is 12.1 Å². The van der Waals surface area contributed by atoms with Crippen LogP contribution >= 0.6 is 0 Å². The van der Waals surface area contributed by atoms with E-state index in [9.17, 15) is 0 Å². The Balaban J connectivity index is 2.69. The highest BCUT2D eigenvalue weighted by Gasteiger charge is 2.20. The lowest BCUT2D eigenvalue weighted by molar-refractivity contribution is 0.114. The Bertz CT molecular complexity index is 245. The summed E-state index contributed by atoms with van der Waals surface area (Å²) in [6, 6.07) is 3.56. The molecule has 5 nitrogen and oxygen atoms in total. The molecule has 0 radical (unpaired) electrons. The number of hydrogen-bond acceptors (Lipinski definition) is 5. The second-order valence-corrected chi connectivity index (χ2v) is 3.25. The van der Waals surface area contributed by atoms with Gasteiger partial charge < -0.3 is 20.4 Å². The van der Waals surface area contributed by atoms with Gasteiger partial charge in [0.2, 0.25) is 0 Å². The fourth-order valence-electron chi connectivity index (χ4n) is 1.61. The van der Waals surface area contributed by atoms with E-state index in [1.54, 1.807) is 12.3 Å². The van der Waals surface area contributed by atoms with Crippen molar-refractivity contribution in [1.82, 2.24) is 4.90 Å². The van der Waals surface area contributed by atoms with Crippen molar-refractivity contribution >= 4 is 0 Å². The van der Waals surface area contributed by atoms with Crippen LogP contribution in [-0.2, 0) is 0 Å². The van der Waals surface area contributed by atoms with Crippen molar-refractivity contribution in [3.8, 4) is 0 Å². The molecule has 1 heterocycles. The van der Waals surface area contributed by atoms with E-state index in [0.717, 1.165) is 5.76 Å². The number of furan rings is 1. The highest BCUT2D eigenvalue weighted by molar-refractivity contribution is 5.05. The van der Waals surface area contributed by atoms with E-state index in [0.29, 0.717) is 19.6 Å². The molecule has 4 N–H and O–H groups in total. The maximum absolute atomic E-state index is 8.91. The van der Waals surface area contributed by atoms with Gasteiger partial charge in [-0.1, -0.05) is 0 Å². The van der Waals surface area contributed by atoms with Gasteiger partial charge in [0.25, 0.3) is 0 Å². The molecule has 1 aromatic rings. The first-order valence-electron chi connectivity index (χ1n) is 5.02. The molecular weight excluding hydrogens is 196 g/mol. The summed E-state index contributed by atoms with van der Waals surface area (Å²) in [6.45, 7) is 1.42. The largest absolute Gasteiger partial charge is 0.468 e. The Morgan fingerprint density at radius 2 is 2.00 bits per heavy atom. The molecule has 0 spiro atoms. The van der Waals surface area contributed by atoms with Crippen LogP contribution in [-0.4, -0.2) is 48.0 Å². The van der Waals surface area contributed by atoms with Crippen LogP contribution in [0.1, 0.15) is 11.8 Å². The Hall–Kier alpha value is -0.880. The first-order valence-corrected chi connectivity index (χ1v) is 5.02. The normalized spacial score (nSPS) is 13.3. The number of rotatable bonds is 7. The SMILES string of the molecule is NCC(c1ccco1)N(CCO)CCO. The minimum absolute atomic E-state index is 0.0389. The quantitative estimate of drug-likeness (QED) is 0.573. The Morgan fingerprint density at radius 1 is 1.33 bits per heavy atom. The Morgan fingerprint density at radius 3 is 2.40 bits per heavy atom. The van der Waals surface area contributed by atoms with Gasteiger partial charge in [-0.3, -0.25) is 4.90 Å². The van der Waals surface area contributed by atoms with Crippen molar-refractivity contribution in [3.63, 3.8) is 0 Å². The number of aliphatic hydroxyl groups excluding tert-OH is 2. The van der Waals surface area contributed by atoms with E-state index in [-0.39, 0.29) is 19.3 Å². The van der Waals surface area contributed by atoms with E-state index in [2.05, 4.69) is 0 Å². The first-order chi connectivity index (χ1) is 7.33. The van der Waals surface area contributed by atoms with Gasteiger partial charge in [-0.25, -0.2) is 0 Å². The van der Waals surface area contributed by atoms with Crippen molar-refractivity contribution in [3.05, 3.63) is 24.2 Å². The van der Waals surface area contributed by atoms with Crippen LogP contribution in [0.25, 0.3) is 0 Å². The van der Waals surface area contributed by atoms with E-state index >= 15 is 0 Å². The van der Waals surface area contributed by atoms with Gasteiger partial charge in [0.15, 0.2) is 0 Å².